The Morgan fingerprint density at radius 3 is 1.85 bits per heavy atom. The van der Waals surface area contributed by atoms with Gasteiger partial charge in [0, 0.05) is 0 Å². The van der Waals surface area contributed by atoms with E-state index in [1.807, 2.05) is 0 Å². The van der Waals surface area contributed by atoms with Crippen LogP contribution in [0.25, 0.3) is 0 Å². The third kappa shape index (κ3) is 2.80. The van der Waals surface area contributed by atoms with Crippen molar-refractivity contribution in [2.45, 2.75) is 45.4 Å². The van der Waals surface area contributed by atoms with Gasteiger partial charge in [-0.3, -0.25) is 0 Å². The molecule has 0 spiro atoms. The largest absolute Gasteiger partial charge is 0.0645 e. The fourth-order valence-corrected chi connectivity index (χ4v) is 3.20. The third-order valence-electron chi connectivity index (χ3n) is 5.25. The van der Waals surface area contributed by atoms with Crippen molar-refractivity contribution >= 4 is 0 Å². The van der Waals surface area contributed by atoms with Crippen molar-refractivity contribution in [3.63, 3.8) is 0 Å². The minimum absolute atomic E-state index is 0.219. The van der Waals surface area contributed by atoms with Crippen LogP contribution in [-0.4, -0.2) is 0 Å². The van der Waals surface area contributed by atoms with E-state index < -0.39 is 0 Å². The maximum atomic E-state index is 2.41. The summed E-state index contributed by atoms with van der Waals surface area (Å²) in [6, 6.07) is 21.9. The van der Waals surface area contributed by atoms with Gasteiger partial charge in [0.05, 0.1) is 0 Å². The second-order valence-electron chi connectivity index (χ2n) is 6.13. The van der Waals surface area contributed by atoms with Gasteiger partial charge in [0.15, 0.2) is 0 Å². The molecule has 0 saturated heterocycles. The molecule has 0 aromatic heterocycles. The summed E-state index contributed by atoms with van der Waals surface area (Å²) >= 11 is 0. The smallest absolute Gasteiger partial charge is 0.00466 e. The molecule has 0 saturated carbocycles. The zero-order valence-corrected chi connectivity index (χ0v) is 13.1. The quantitative estimate of drug-likeness (QED) is 0.642. The van der Waals surface area contributed by atoms with Crippen LogP contribution in [0, 0.1) is 5.92 Å². The van der Waals surface area contributed by atoms with E-state index in [2.05, 4.69) is 88.4 Å². The summed E-state index contributed by atoms with van der Waals surface area (Å²) in [5, 5.41) is 0. The summed E-state index contributed by atoms with van der Waals surface area (Å²) in [7, 11) is 0. The number of rotatable bonds is 5. The Kier molecular flexibility index (Phi) is 4.65. The predicted molar refractivity (Wildman–Crippen MR) is 88.1 cm³/mol. The van der Waals surface area contributed by atoms with Crippen molar-refractivity contribution in [1.29, 1.82) is 0 Å². The van der Waals surface area contributed by atoms with Crippen LogP contribution in [0.1, 0.15) is 51.2 Å². The van der Waals surface area contributed by atoms with Crippen molar-refractivity contribution in [2.24, 2.45) is 5.92 Å². The highest BCUT2D eigenvalue weighted by molar-refractivity contribution is 5.28. The molecule has 20 heavy (non-hydrogen) atoms. The lowest BCUT2D eigenvalue weighted by atomic mass is 9.65. The number of benzene rings is 2. The molecule has 0 bridgehead atoms. The van der Waals surface area contributed by atoms with Gasteiger partial charge in [0.1, 0.15) is 0 Å². The van der Waals surface area contributed by atoms with Crippen molar-refractivity contribution in [2.75, 3.05) is 0 Å². The average Bonchev–Trinajstić information content (AvgIpc) is 2.54. The Hall–Kier alpha value is -1.56. The van der Waals surface area contributed by atoms with E-state index in [4.69, 9.17) is 0 Å². The standard InChI is InChI=1S/C20H26/c1-5-20(4,19-14-10-7-11-15-19)17(3)16(2)18-12-8-6-9-13-18/h6-17H,5H2,1-4H3. The first-order chi connectivity index (χ1) is 9.59. The number of hydrogen-bond donors (Lipinski definition) is 0. The van der Waals surface area contributed by atoms with E-state index >= 15 is 0 Å². The van der Waals surface area contributed by atoms with Crippen molar-refractivity contribution in [3.8, 4) is 0 Å². The minimum atomic E-state index is 0.219. The van der Waals surface area contributed by atoms with Crippen molar-refractivity contribution < 1.29 is 0 Å². The second kappa shape index (κ2) is 6.26. The molecule has 0 fully saturated rings. The molecule has 0 heteroatoms. The maximum Gasteiger partial charge on any atom is -0.00466 e. The summed E-state index contributed by atoms with van der Waals surface area (Å²) in [5.74, 6) is 1.15. The lowest BCUT2D eigenvalue weighted by molar-refractivity contribution is 0.267. The second-order valence-corrected chi connectivity index (χ2v) is 6.13. The third-order valence-corrected chi connectivity index (χ3v) is 5.25. The fourth-order valence-electron chi connectivity index (χ4n) is 3.20. The van der Waals surface area contributed by atoms with E-state index in [1.165, 1.54) is 11.1 Å². The van der Waals surface area contributed by atoms with E-state index in [1.54, 1.807) is 0 Å². The Balaban J connectivity index is 2.32. The highest BCUT2D eigenvalue weighted by atomic mass is 14.4. The van der Waals surface area contributed by atoms with E-state index in [-0.39, 0.29) is 5.41 Å². The van der Waals surface area contributed by atoms with Crippen molar-refractivity contribution in [1.82, 2.24) is 0 Å². The van der Waals surface area contributed by atoms with Gasteiger partial charge in [-0.05, 0) is 34.8 Å². The van der Waals surface area contributed by atoms with Gasteiger partial charge in [-0.15, -0.1) is 0 Å². The van der Waals surface area contributed by atoms with Gasteiger partial charge in [-0.1, -0.05) is 88.4 Å². The fraction of sp³-hybridized carbons (Fsp3) is 0.400. The summed E-state index contributed by atoms with van der Waals surface area (Å²) in [6.45, 7) is 9.47. The SMILES string of the molecule is CCC(C)(c1ccccc1)C(C)C(C)c1ccccc1. The van der Waals surface area contributed by atoms with E-state index in [9.17, 15) is 0 Å². The molecular formula is C20H26. The molecule has 0 amide bonds. The van der Waals surface area contributed by atoms with Crippen LogP contribution in [0.5, 0.6) is 0 Å². The summed E-state index contributed by atoms with van der Waals surface area (Å²) in [6.07, 6.45) is 1.16. The maximum absolute atomic E-state index is 2.41. The first kappa shape index (κ1) is 14.8. The van der Waals surface area contributed by atoms with E-state index in [0.717, 1.165) is 6.42 Å². The molecular weight excluding hydrogens is 240 g/mol. The molecule has 3 unspecified atom stereocenters. The van der Waals surface area contributed by atoms with Crippen LogP contribution >= 0.6 is 0 Å². The monoisotopic (exact) mass is 266 g/mol. The Morgan fingerprint density at radius 1 is 0.850 bits per heavy atom. The molecule has 2 rings (SSSR count). The molecule has 0 N–H and O–H groups in total. The number of hydrogen-bond acceptors (Lipinski definition) is 0. The minimum Gasteiger partial charge on any atom is -0.0645 e. The molecule has 2 aromatic carbocycles. The zero-order chi connectivity index (χ0) is 14.6. The molecule has 0 aliphatic heterocycles. The highest BCUT2D eigenvalue weighted by Gasteiger charge is 2.34. The van der Waals surface area contributed by atoms with Crippen molar-refractivity contribution in [3.05, 3.63) is 71.8 Å². The predicted octanol–water partition coefficient (Wildman–Crippen LogP) is 5.79. The van der Waals surface area contributed by atoms with Gasteiger partial charge < -0.3 is 0 Å². The Morgan fingerprint density at radius 2 is 1.35 bits per heavy atom. The van der Waals surface area contributed by atoms with Gasteiger partial charge in [0.2, 0.25) is 0 Å². The molecule has 106 valence electrons. The lowest BCUT2D eigenvalue weighted by Gasteiger charge is -2.39. The van der Waals surface area contributed by atoms with Gasteiger partial charge in [-0.2, -0.15) is 0 Å². The van der Waals surface area contributed by atoms with Crippen LogP contribution in [0.3, 0.4) is 0 Å². The van der Waals surface area contributed by atoms with Gasteiger partial charge in [0.25, 0.3) is 0 Å². The van der Waals surface area contributed by atoms with E-state index in [0.29, 0.717) is 11.8 Å². The summed E-state index contributed by atoms with van der Waals surface area (Å²) < 4.78 is 0. The molecule has 0 nitrogen and oxygen atoms in total. The Labute approximate surface area is 123 Å². The molecule has 0 aliphatic carbocycles. The molecule has 0 heterocycles. The Bertz CT molecular complexity index is 514. The summed E-state index contributed by atoms with van der Waals surface area (Å²) in [4.78, 5) is 0. The van der Waals surface area contributed by atoms with Crippen LogP contribution in [0.15, 0.2) is 60.7 Å². The topological polar surface area (TPSA) is 0 Å². The molecule has 0 aliphatic rings. The zero-order valence-electron chi connectivity index (χ0n) is 13.1. The van der Waals surface area contributed by atoms with Crippen LogP contribution in [0.4, 0.5) is 0 Å². The molecule has 0 radical (unpaired) electrons. The van der Waals surface area contributed by atoms with Crippen LogP contribution in [-0.2, 0) is 5.41 Å². The average molecular weight is 266 g/mol. The molecule has 3 atom stereocenters. The normalized spacial score (nSPS) is 17.2. The first-order valence-corrected chi connectivity index (χ1v) is 7.70. The van der Waals surface area contributed by atoms with Crippen LogP contribution < -0.4 is 0 Å². The van der Waals surface area contributed by atoms with Gasteiger partial charge >= 0.3 is 0 Å². The van der Waals surface area contributed by atoms with Gasteiger partial charge in [-0.25, -0.2) is 0 Å². The lowest BCUT2D eigenvalue weighted by Crippen LogP contribution is -2.33. The van der Waals surface area contributed by atoms with Crippen LogP contribution in [0.2, 0.25) is 0 Å². The first-order valence-electron chi connectivity index (χ1n) is 7.70. The highest BCUT2D eigenvalue weighted by Crippen LogP contribution is 2.42. The summed E-state index contributed by atoms with van der Waals surface area (Å²) in [5.41, 5.74) is 3.12. The molecule has 2 aromatic rings.